The number of aromatic nitrogens is 3. The number of primary sulfonamides is 1. The molecule has 3 aromatic rings. The van der Waals surface area contributed by atoms with Crippen molar-refractivity contribution in [3.8, 4) is 23.1 Å². The van der Waals surface area contributed by atoms with Gasteiger partial charge in [-0.15, -0.1) is 5.10 Å². The SMILES string of the molecule is N#Cc1cccc(-c2nc(CN3CC=CCC3)nn2-c2ccc(S(N)(=O)=O)cc2F)c1. The lowest BCUT2D eigenvalue weighted by Gasteiger charge is -2.20. The fraction of sp³-hybridized carbons (Fsp3) is 0.190. The zero-order valence-electron chi connectivity index (χ0n) is 16.4. The standard InChI is InChI=1S/C21H19FN6O2S/c22-18-12-17(31(24,29)30)7-8-19(18)28-21(16-6-4-5-15(11-16)13-23)25-20(26-28)14-27-9-2-1-3-10-27/h1-2,4-8,11-12H,3,9-10,14H2,(H2,24,29,30). The van der Waals surface area contributed by atoms with Crippen LogP contribution in [0.15, 0.2) is 59.5 Å². The molecule has 2 heterocycles. The maximum absolute atomic E-state index is 14.9. The molecule has 0 saturated heterocycles. The highest BCUT2D eigenvalue weighted by atomic mass is 32.2. The molecule has 158 valence electrons. The third-order valence-electron chi connectivity index (χ3n) is 4.88. The number of hydrogen-bond acceptors (Lipinski definition) is 6. The summed E-state index contributed by atoms with van der Waals surface area (Å²) in [5.74, 6) is 0.0334. The van der Waals surface area contributed by atoms with Crippen LogP contribution in [0.2, 0.25) is 0 Å². The molecule has 4 rings (SSSR count). The van der Waals surface area contributed by atoms with E-state index in [9.17, 15) is 18.1 Å². The summed E-state index contributed by atoms with van der Waals surface area (Å²) < 4.78 is 39.3. The van der Waals surface area contributed by atoms with Gasteiger partial charge in [0.15, 0.2) is 11.6 Å². The van der Waals surface area contributed by atoms with Crippen LogP contribution >= 0.6 is 0 Å². The average Bonchev–Trinajstić information content (AvgIpc) is 3.17. The first-order valence-corrected chi connectivity index (χ1v) is 11.1. The molecule has 2 N–H and O–H groups in total. The van der Waals surface area contributed by atoms with Crippen molar-refractivity contribution in [1.29, 1.82) is 5.26 Å². The lowest BCUT2D eigenvalue weighted by atomic mass is 10.1. The summed E-state index contributed by atoms with van der Waals surface area (Å²) in [4.78, 5) is 6.44. The number of nitrogens with two attached hydrogens (primary N) is 1. The predicted molar refractivity (Wildman–Crippen MR) is 112 cm³/mol. The molecule has 0 bridgehead atoms. The van der Waals surface area contributed by atoms with Crippen molar-refractivity contribution in [2.75, 3.05) is 13.1 Å². The van der Waals surface area contributed by atoms with Crippen molar-refractivity contribution in [2.24, 2.45) is 5.14 Å². The molecule has 1 aromatic heterocycles. The van der Waals surface area contributed by atoms with Crippen molar-refractivity contribution in [3.05, 3.63) is 71.8 Å². The lowest BCUT2D eigenvalue weighted by molar-refractivity contribution is 0.283. The Labute approximate surface area is 179 Å². The molecule has 31 heavy (non-hydrogen) atoms. The number of hydrogen-bond donors (Lipinski definition) is 1. The molecule has 8 nitrogen and oxygen atoms in total. The number of sulfonamides is 1. The van der Waals surface area contributed by atoms with Crippen LogP contribution in [-0.2, 0) is 16.6 Å². The maximum Gasteiger partial charge on any atom is 0.238 e. The largest absolute Gasteiger partial charge is 0.292 e. The van der Waals surface area contributed by atoms with Gasteiger partial charge in [-0.2, -0.15) is 5.26 Å². The zero-order valence-corrected chi connectivity index (χ0v) is 17.3. The highest BCUT2D eigenvalue weighted by molar-refractivity contribution is 7.89. The second kappa shape index (κ2) is 8.39. The van der Waals surface area contributed by atoms with Gasteiger partial charge in [-0.3, -0.25) is 4.90 Å². The molecule has 0 aliphatic carbocycles. The van der Waals surface area contributed by atoms with E-state index in [0.717, 1.165) is 25.6 Å². The van der Waals surface area contributed by atoms with E-state index in [1.54, 1.807) is 24.3 Å². The molecule has 0 unspecified atom stereocenters. The van der Waals surface area contributed by atoms with E-state index in [-0.39, 0.29) is 10.6 Å². The molecule has 0 spiro atoms. The number of halogens is 1. The fourth-order valence-corrected chi connectivity index (χ4v) is 3.90. The van der Waals surface area contributed by atoms with Gasteiger partial charge in [0.1, 0.15) is 11.5 Å². The topological polar surface area (TPSA) is 118 Å². The van der Waals surface area contributed by atoms with E-state index in [1.165, 1.54) is 16.8 Å². The molecule has 0 saturated carbocycles. The van der Waals surface area contributed by atoms with Crippen LogP contribution in [0.3, 0.4) is 0 Å². The Morgan fingerprint density at radius 3 is 2.71 bits per heavy atom. The van der Waals surface area contributed by atoms with Crippen LogP contribution in [0.5, 0.6) is 0 Å². The van der Waals surface area contributed by atoms with Gasteiger partial charge in [0.25, 0.3) is 0 Å². The van der Waals surface area contributed by atoms with E-state index < -0.39 is 15.8 Å². The summed E-state index contributed by atoms with van der Waals surface area (Å²) in [5.41, 5.74) is 1.05. The van der Waals surface area contributed by atoms with E-state index in [4.69, 9.17) is 5.14 Å². The fourth-order valence-electron chi connectivity index (χ4n) is 3.37. The summed E-state index contributed by atoms with van der Waals surface area (Å²) in [6, 6.07) is 12.2. The van der Waals surface area contributed by atoms with E-state index in [2.05, 4.69) is 33.2 Å². The minimum atomic E-state index is -4.04. The quantitative estimate of drug-likeness (QED) is 0.611. The number of nitrogens with zero attached hydrogens (tertiary/aromatic N) is 5. The van der Waals surface area contributed by atoms with Crippen molar-refractivity contribution < 1.29 is 12.8 Å². The monoisotopic (exact) mass is 438 g/mol. The third kappa shape index (κ3) is 4.54. The van der Waals surface area contributed by atoms with Gasteiger partial charge in [0.2, 0.25) is 10.0 Å². The highest BCUT2D eigenvalue weighted by Gasteiger charge is 2.20. The smallest absolute Gasteiger partial charge is 0.238 e. The summed E-state index contributed by atoms with van der Waals surface area (Å²) in [7, 11) is -4.04. The number of benzene rings is 2. The summed E-state index contributed by atoms with van der Waals surface area (Å²) in [6.45, 7) is 2.10. The molecule has 2 aromatic carbocycles. The molecule has 10 heteroatoms. The minimum absolute atomic E-state index is 0.0297. The van der Waals surface area contributed by atoms with Crippen LogP contribution in [0, 0.1) is 17.1 Å². The normalized spacial score (nSPS) is 14.5. The minimum Gasteiger partial charge on any atom is -0.292 e. The first kappa shape index (κ1) is 20.9. The van der Waals surface area contributed by atoms with Crippen LogP contribution in [0.25, 0.3) is 17.1 Å². The highest BCUT2D eigenvalue weighted by Crippen LogP contribution is 2.25. The van der Waals surface area contributed by atoms with Gasteiger partial charge < -0.3 is 0 Å². The summed E-state index contributed by atoms with van der Waals surface area (Å²) >= 11 is 0. The van der Waals surface area contributed by atoms with Crippen molar-refractivity contribution >= 4 is 10.0 Å². The van der Waals surface area contributed by atoms with E-state index in [0.29, 0.717) is 29.3 Å². The van der Waals surface area contributed by atoms with E-state index in [1.807, 2.05) is 0 Å². The second-order valence-electron chi connectivity index (χ2n) is 7.11. The molecule has 0 amide bonds. The lowest BCUT2D eigenvalue weighted by Crippen LogP contribution is -2.27. The molecule has 1 aliphatic heterocycles. The Hall–Kier alpha value is -3.39. The first-order valence-electron chi connectivity index (χ1n) is 9.52. The van der Waals surface area contributed by atoms with Gasteiger partial charge >= 0.3 is 0 Å². The van der Waals surface area contributed by atoms with Gasteiger partial charge in [0.05, 0.1) is 23.1 Å². The van der Waals surface area contributed by atoms with Gasteiger partial charge in [-0.05, 0) is 36.8 Å². The maximum atomic E-state index is 14.9. The Morgan fingerprint density at radius 2 is 2.03 bits per heavy atom. The Bertz CT molecular complexity index is 1310. The van der Waals surface area contributed by atoms with Gasteiger partial charge in [0, 0.05) is 18.7 Å². The second-order valence-corrected chi connectivity index (χ2v) is 8.67. The van der Waals surface area contributed by atoms with Crippen molar-refractivity contribution in [3.63, 3.8) is 0 Å². The third-order valence-corrected chi connectivity index (χ3v) is 5.80. The molecule has 0 fully saturated rings. The molecular weight excluding hydrogens is 419 g/mol. The summed E-state index contributed by atoms with van der Waals surface area (Å²) in [6.07, 6.45) is 5.12. The molecule has 1 aliphatic rings. The predicted octanol–water partition coefficient (Wildman–Crippen LogP) is 2.35. The first-order chi connectivity index (χ1) is 14.8. The van der Waals surface area contributed by atoms with Crippen LogP contribution in [-0.4, -0.2) is 41.2 Å². The average molecular weight is 438 g/mol. The number of rotatable bonds is 5. The Morgan fingerprint density at radius 1 is 1.19 bits per heavy atom. The Kier molecular flexibility index (Phi) is 5.65. The van der Waals surface area contributed by atoms with Gasteiger partial charge in [-0.25, -0.2) is 27.6 Å². The number of nitriles is 1. The zero-order chi connectivity index (χ0) is 22.0. The van der Waals surface area contributed by atoms with E-state index >= 15 is 0 Å². The van der Waals surface area contributed by atoms with Crippen LogP contribution < -0.4 is 5.14 Å². The molecular formula is C21H19FN6O2S. The van der Waals surface area contributed by atoms with Crippen molar-refractivity contribution in [1.82, 2.24) is 19.7 Å². The molecule has 0 radical (unpaired) electrons. The van der Waals surface area contributed by atoms with Crippen molar-refractivity contribution in [2.45, 2.75) is 17.9 Å². The Balaban J connectivity index is 1.81. The van der Waals surface area contributed by atoms with Crippen LogP contribution in [0.1, 0.15) is 17.8 Å². The van der Waals surface area contributed by atoms with Gasteiger partial charge in [-0.1, -0.05) is 24.3 Å². The summed E-state index contributed by atoms with van der Waals surface area (Å²) in [5, 5.41) is 18.8. The molecule has 0 atom stereocenters. The van der Waals surface area contributed by atoms with Crippen LogP contribution in [0.4, 0.5) is 4.39 Å².